The molecular weight excluding hydrogens is 418 g/mol. The van der Waals surface area contributed by atoms with Crippen molar-refractivity contribution in [3.05, 3.63) is 29.8 Å². The topological polar surface area (TPSA) is 87.2 Å². The fraction of sp³-hybridized carbons (Fsp3) is 0.636. The summed E-state index contributed by atoms with van der Waals surface area (Å²) in [5.74, 6) is 0.152. The molecule has 0 aromatic heterocycles. The molecule has 2 amide bonds. The van der Waals surface area contributed by atoms with E-state index >= 15 is 0 Å². The van der Waals surface area contributed by atoms with E-state index in [2.05, 4.69) is 0 Å². The summed E-state index contributed by atoms with van der Waals surface area (Å²) in [4.78, 5) is 27.4. The molecule has 2 aliphatic heterocycles. The third kappa shape index (κ3) is 3.56. The maximum absolute atomic E-state index is 13.4. The van der Waals surface area contributed by atoms with Gasteiger partial charge in [0.15, 0.2) is 0 Å². The Labute approximate surface area is 184 Å². The van der Waals surface area contributed by atoms with E-state index in [0.29, 0.717) is 18.7 Å². The van der Waals surface area contributed by atoms with E-state index in [1.807, 2.05) is 32.0 Å². The molecule has 4 rings (SSSR count). The fourth-order valence-electron chi connectivity index (χ4n) is 5.27. The Morgan fingerprint density at radius 3 is 2.52 bits per heavy atom. The summed E-state index contributed by atoms with van der Waals surface area (Å²) in [6.07, 6.45) is 0.480. The first-order valence-electron chi connectivity index (χ1n) is 10.8. The van der Waals surface area contributed by atoms with E-state index in [9.17, 15) is 18.0 Å². The molecule has 31 heavy (non-hydrogen) atoms. The molecule has 6 atom stereocenters. The van der Waals surface area contributed by atoms with Gasteiger partial charge in [-0.25, -0.2) is 0 Å². The maximum atomic E-state index is 13.4. The number of likely N-dealkylation sites (tertiary alicyclic amines) is 1. The smallest absolute Gasteiger partial charge is 0.282 e. The minimum atomic E-state index is -3.81. The minimum Gasteiger partial charge on any atom is -0.497 e. The summed E-state index contributed by atoms with van der Waals surface area (Å²) in [6.45, 7) is 6.27. The Kier molecular flexibility index (Phi) is 5.64. The molecule has 9 heteroatoms. The molecule has 0 radical (unpaired) electrons. The number of nitrogens with zero attached hydrogens (tertiary/aromatic N) is 3. The van der Waals surface area contributed by atoms with Gasteiger partial charge in [0.1, 0.15) is 5.75 Å². The van der Waals surface area contributed by atoms with E-state index < -0.39 is 22.2 Å². The summed E-state index contributed by atoms with van der Waals surface area (Å²) in [5, 5.41) is 0. The van der Waals surface area contributed by atoms with Crippen molar-refractivity contribution in [3.63, 3.8) is 0 Å². The standard InChI is InChI=1S/C22H31N3O5S/c1-13-14(2)19(13)22(27)25-18-9-10-24(20(18)15(3)21(25)26)31(28,29)23(4)12-16-7-6-8-17(11-16)30-5/h6-8,11,13-15,18-20H,9-10,12H2,1-5H3/t13-,14+,15-,18-,19?,20+/m0/s1. The zero-order valence-corrected chi connectivity index (χ0v) is 19.5. The van der Waals surface area contributed by atoms with E-state index in [4.69, 9.17) is 4.74 Å². The molecule has 2 heterocycles. The van der Waals surface area contributed by atoms with Crippen LogP contribution in [0.4, 0.5) is 0 Å². The van der Waals surface area contributed by atoms with Crippen molar-refractivity contribution >= 4 is 22.0 Å². The number of rotatable bonds is 6. The molecule has 2 saturated heterocycles. The Hall–Kier alpha value is -1.97. The summed E-state index contributed by atoms with van der Waals surface area (Å²) in [5.41, 5.74) is 0.810. The number of benzene rings is 1. The number of methoxy groups -OCH3 is 1. The summed E-state index contributed by atoms with van der Waals surface area (Å²) < 4.78 is 34.8. The van der Waals surface area contributed by atoms with Crippen molar-refractivity contribution in [3.8, 4) is 5.75 Å². The molecular formula is C22H31N3O5S. The van der Waals surface area contributed by atoms with Gasteiger partial charge in [0, 0.05) is 26.1 Å². The van der Waals surface area contributed by atoms with Crippen LogP contribution in [0, 0.1) is 23.7 Å². The van der Waals surface area contributed by atoms with Crippen LogP contribution in [0.25, 0.3) is 0 Å². The molecule has 8 nitrogen and oxygen atoms in total. The van der Waals surface area contributed by atoms with Gasteiger partial charge in [0.25, 0.3) is 10.2 Å². The third-order valence-electron chi connectivity index (χ3n) is 7.42. The minimum absolute atomic E-state index is 0.128. The molecule has 3 aliphatic rings. The van der Waals surface area contributed by atoms with Crippen molar-refractivity contribution in [2.45, 2.75) is 45.8 Å². The lowest BCUT2D eigenvalue weighted by Gasteiger charge is -2.29. The van der Waals surface area contributed by atoms with Crippen molar-refractivity contribution < 1.29 is 22.7 Å². The molecule has 3 fully saturated rings. The largest absolute Gasteiger partial charge is 0.497 e. The third-order valence-corrected chi connectivity index (χ3v) is 9.35. The number of fused-ring (bicyclic) bond motifs is 1. The van der Waals surface area contributed by atoms with Crippen LogP contribution < -0.4 is 4.74 Å². The molecule has 0 bridgehead atoms. The quantitative estimate of drug-likeness (QED) is 0.617. The van der Waals surface area contributed by atoms with Crippen LogP contribution in [0.2, 0.25) is 0 Å². The number of hydrogen-bond acceptors (Lipinski definition) is 5. The van der Waals surface area contributed by atoms with Crippen molar-refractivity contribution in [2.24, 2.45) is 23.7 Å². The normalized spacial score (nSPS) is 33.1. The lowest BCUT2D eigenvalue weighted by Crippen LogP contribution is -2.48. The summed E-state index contributed by atoms with van der Waals surface area (Å²) in [7, 11) is -0.697. The number of carbonyl (C=O) groups is 2. The van der Waals surface area contributed by atoms with Crippen molar-refractivity contribution in [1.29, 1.82) is 0 Å². The van der Waals surface area contributed by atoms with Crippen LogP contribution in [-0.4, -0.2) is 66.5 Å². The second-order valence-electron chi connectivity index (χ2n) is 9.15. The van der Waals surface area contributed by atoms with Gasteiger partial charge in [-0.1, -0.05) is 32.9 Å². The number of carbonyl (C=O) groups excluding carboxylic acids is 2. The fourth-order valence-corrected chi connectivity index (χ4v) is 6.90. The van der Waals surface area contributed by atoms with Gasteiger partial charge < -0.3 is 4.74 Å². The summed E-state index contributed by atoms with van der Waals surface area (Å²) >= 11 is 0. The van der Waals surface area contributed by atoms with Crippen LogP contribution in [0.15, 0.2) is 24.3 Å². The van der Waals surface area contributed by atoms with Crippen LogP contribution in [0.5, 0.6) is 5.75 Å². The number of amides is 2. The van der Waals surface area contributed by atoms with Gasteiger partial charge in [0.2, 0.25) is 11.8 Å². The van der Waals surface area contributed by atoms with Crippen molar-refractivity contribution in [1.82, 2.24) is 13.5 Å². The van der Waals surface area contributed by atoms with Gasteiger partial charge >= 0.3 is 0 Å². The zero-order valence-electron chi connectivity index (χ0n) is 18.7. The highest BCUT2D eigenvalue weighted by atomic mass is 32.2. The number of hydrogen-bond donors (Lipinski definition) is 0. The lowest BCUT2D eigenvalue weighted by molar-refractivity contribution is -0.146. The maximum Gasteiger partial charge on any atom is 0.282 e. The average Bonchev–Trinajstić information content (AvgIpc) is 3.05. The molecule has 1 aromatic rings. The monoisotopic (exact) mass is 449 g/mol. The van der Waals surface area contributed by atoms with Crippen LogP contribution in [0.3, 0.4) is 0 Å². The number of imide groups is 1. The van der Waals surface area contributed by atoms with E-state index in [0.717, 1.165) is 5.56 Å². The molecule has 0 spiro atoms. The Balaban J connectivity index is 1.53. The van der Waals surface area contributed by atoms with Gasteiger partial charge in [-0.05, 0) is 36.0 Å². The average molecular weight is 450 g/mol. The first kappa shape index (κ1) is 22.2. The molecule has 1 saturated carbocycles. The summed E-state index contributed by atoms with van der Waals surface area (Å²) in [6, 6.07) is 6.39. The van der Waals surface area contributed by atoms with Gasteiger partial charge in [-0.3, -0.25) is 14.5 Å². The van der Waals surface area contributed by atoms with E-state index in [-0.39, 0.29) is 42.2 Å². The Morgan fingerprint density at radius 2 is 1.90 bits per heavy atom. The van der Waals surface area contributed by atoms with Crippen molar-refractivity contribution in [2.75, 3.05) is 20.7 Å². The molecule has 1 aliphatic carbocycles. The van der Waals surface area contributed by atoms with E-state index in [1.54, 1.807) is 27.1 Å². The van der Waals surface area contributed by atoms with Crippen LogP contribution in [0.1, 0.15) is 32.8 Å². The van der Waals surface area contributed by atoms with Crippen LogP contribution in [-0.2, 0) is 26.3 Å². The first-order chi connectivity index (χ1) is 14.6. The molecule has 170 valence electrons. The molecule has 0 N–H and O–H groups in total. The first-order valence-corrected chi connectivity index (χ1v) is 12.2. The van der Waals surface area contributed by atoms with Gasteiger partial charge in [0.05, 0.1) is 25.1 Å². The second kappa shape index (κ2) is 7.86. The van der Waals surface area contributed by atoms with Gasteiger partial charge in [-0.15, -0.1) is 0 Å². The Bertz CT molecular complexity index is 989. The SMILES string of the molecule is COc1cccc(CN(C)S(=O)(=O)N2CC[C@H]3[C@H]2[C@H](C)C(=O)N3C(=O)C2[C@@H](C)[C@H]2C)c1. The Morgan fingerprint density at radius 1 is 1.23 bits per heavy atom. The molecule has 1 unspecified atom stereocenters. The van der Waals surface area contributed by atoms with Gasteiger partial charge in [-0.2, -0.15) is 17.0 Å². The predicted molar refractivity (Wildman–Crippen MR) is 115 cm³/mol. The molecule has 1 aromatic carbocycles. The highest BCUT2D eigenvalue weighted by Crippen LogP contribution is 2.49. The second-order valence-corrected chi connectivity index (χ2v) is 11.1. The number of ether oxygens (including phenoxy) is 1. The van der Waals surface area contributed by atoms with E-state index in [1.165, 1.54) is 13.5 Å². The predicted octanol–water partition coefficient (Wildman–Crippen LogP) is 1.72. The lowest BCUT2D eigenvalue weighted by atomic mass is 10.0. The van der Waals surface area contributed by atoms with Crippen LogP contribution >= 0.6 is 0 Å². The highest BCUT2D eigenvalue weighted by molar-refractivity contribution is 7.86. The zero-order chi connectivity index (χ0) is 22.7. The highest BCUT2D eigenvalue weighted by Gasteiger charge is 2.60.